The molecule has 0 amide bonds. The summed E-state index contributed by atoms with van der Waals surface area (Å²) in [5.41, 5.74) is -2.62. The summed E-state index contributed by atoms with van der Waals surface area (Å²) in [5, 5.41) is 20.7. The fourth-order valence-electron chi connectivity index (χ4n) is 6.24. The highest BCUT2D eigenvalue weighted by molar-refractivity contribution is 5.93. The standard InChI is InChI=1S/C18H25FO3/c1-17-8-7-11-12(18(17,19)15(22)9-14(17)21)6-5-10-3-2-4-13(20)16(10)11/h2,4,10-12,14-16,21-22H,3,5-9H2,1H3/t10?,11-,12+,14-,15+,16-,17+,18+/m0/s1. The molecule has 0 bridgehead atoms. The fraction of sp³-hybridized carbons (Fsp3) is 0.833. The zero-order valence-corrected chi connectivity index (χ0v) is 13.0. The lowest BCUT2D eigenvalue weighted by Gasteiger charge is -2.57. The van der Waals surface area contributed by atoms with Crippen molar-refractivity contribution in [2.75, 3.05) is 0 Å². The Kier molecular flexibility index (Phi) is 3.12. The third-order valence-corrected chi connectivity index (χ3v) is 7.46. The van der Waals surface area contributed by atoms with Crippen molar-refractivity contribution >= 4 is 5.78 Å². The Morgan fingerprint density at radius 1 is 1.23 bits per heavy atom. The van der Waals surface area contributed by atoms with E-state index >= 15 is 4.39 Å². The highest BCUT2D eigenvalue weighted by atomic mass is 19.1. The van der Waals surface area contributed by atoms with Gasteiger partial charge in [-0.15, -0.1) is 0 Å². The minimum atomic E-state index is -1.75. The molecule has 0 saturated heterocycles. The highest BCUT2D eigenvalue weighted by Crippen LogP contribution is 2.65. The van der Waals surface area contributed by atoms with Crippen molar-refractivity contribution in [1.29, 1.82) is 0 Å². The van der Waals surface area contributed by atoms with Gasteiger partial charge >= 0.3 is 0 Å². The van der Waals surface area contributed by atoms with Gasteiger partial charge < -0.3 is 10.2 Å². The molecule has 0 radical (unpaired) electrons. The van der Waals surface area contributed by atoms with Crippen LogP contribution in [0.1, 0.15) is 45.4 Å². The van der Waals surface area contributed by atoms with Crippen LogP contribution < -0.4 is 0 Å². The van der Waals surface area contributed by atoms with E-state index < -0.39 is 23.3 Å². The predicted octanol–water partition coefficient (Wildman–Crippen LogP) is 2.41. The number of ketones is 1. The lowest BCUT2D eigenvalue weighted by molar-refractivity contribution is -0.181. The van der Waals surface area contributed by atoms with E-state index in [2.05, 4.69) is 0 Å². The monoisotopic (exact) mass is 308 g/mol. The molecular formula is C18H25FO3. The van der Waals surface area contributed by atoms with Gasteiger partial charge in [0.25, 0.3) is 0 Å². The molecule has 0 heterocycles. The normalized spacial score (nSPS) is 57.2. The maximum atomic E-state index is 16.1. The summed E-state index contributed by atoms with van der Waals surface area (Å²) in [5.74, 6) is 0.136. The second-order valence-electron chi connectivity index (χ2n) is 8.17. The Bertz CT molecular complexity index is 532. The van der Waals surface area contributed by atoms with E-state index in [0.717, 1.165) is 25.7 Å². The van der Waals surface area contributed by atoms with E-state index in [1.165, 1.54) is 0 Å². The second kappa shape index (κ2) is 4.64. The van der Waals surface area contributed by atoms with Gasteiger partial charge in [0.1, 0.15) is 5.67 Å². The average Bonchev–Trinajstić information content (AvgIpc) is 2.67. The van der Waals surface area contributed by atoms with Crippen LogP contribution in [-0.2, 0) is 4.79 Å². The molecule has 0 aromatic heterocycles. The SMILES string of the molecule is C[C@]12CC[C@H]3[C@@H](CCC4CC=CC(=O)[C@@H]43)[C@@]1(F)[C@H](O)C[C@@H]2O. The number of carbonyl (C=O) groups is 1. The minimum Gasteiger partial charge on any atom is -0.392 e. The average molecular weight is 308 g/mol. The minimum absolute atomic E-state index is 0.0224. The summed E-state index contributed by atoms with van der Waals surface area (Å²) in [6.07, 6.45) is 5.70. The number of alkyl halides is 1. The quantitative estimate of drug-likeness (QED) is 0.722. The molecule has 4 heteroatoms. The van der Waals surface area contributed by atoms with Crippen molar-refractivity contribution in [2.45, 2.75) is 63.3 Å². The topological polar surface area (TPSA) is 57.5 Å². The lowest BCUT2D eigenvalue weighted by Crippen LogP contribution is -2.62. The molecule has 4 rings (SSSR count). The first-order valence-electron chi connectivity index (χ1n) is 8.65. The lowest BCUT2D eigenvalue weighted by atomic mass is 9.49. The Morgan fingerprint density at radius 3 is 2.77 bits per heavy atom. The van der Waals surface area contributed by atoms with E-state index in [1.54, 1.807) is 13.0 Å². The predicted molar refractivity (Wildman–Crippen MR) is 79.8 cm³/mol. The molecule has 3 saturated carbocycles. The number of carbonyl (C=O) groups excluding carboxylic acids is 1. The summed E-state index contributed by atoms with van der Waals surface area (Å²) in [6.45, 7) is 1.79. The van der Waals surface area contributed by atoms with Gasteiger partial charge in [-0.1, -0.05) is 13.0 Å². The zero-order chi connectivity index (χ0) is 15.7. The van der Waals surface area contributed by atoms with Crippen molar-refractivity contribution in [3.8, 4) is 0 Å². The van der Waals surface area contributed by atoms with Crippen LogP contribution in [0.25, 0.3) is 0 Å². The molecule has 4 aliphatic carbocycles. The maximum absolute atomic E-state index is 16.1. The van der Waals surface area contributed by atoms with E-state index in [9.17, 15) is 15.0 Å². The Morgan fingerprint density at radius 2 is 2.00 bits per heavy atom. The third-order valence-electron chi connectivity index (χ3n) is 7.46. The molecule has 1 unspecified atom stereocenters. The van der Waals surface area contributed by atoms with Gasteiger partial charge in [-0.3, -0.25) is 4.79 Å². The van der Waals surface area contributed by atoms with Crippen LogP contribution in [0.2, 0.25) is 0 Å². The van der Waals surface area contributed by atoms with Gasteiger partial charge in [-0.25, -0.2) is 4.39 Å². The second-order valence-corrected chi connectivity index (χ2v) is 8.17. The fourth-order valence-corrected chi connectivity index (χ4v) is 6.24. The number of halogens is 1. The van der Waals surface area contributed by atoms with Gasteiger partial charge in [0, 0.05) is 17.8 Å². The van der Waals surface area contributed by atoms with E-state index in [4.69, 9.17) is 0 Å². The molecule has 0 aromatic rings. The molecule has 0 aliphatic heterocycles. The summed E-state index contributed by atoms with van der Waals surface area (Å²) < 4.78 is 16.1. The molecule has 3 fully saturated rings. The molecule has 0 aromatic carbocycles. The first-order valence-corrected chi connectivity index (χ1v) is 8.65. The van der Waals surface area contributed by atoms with E-state index in [0.29, 0.717) is 12.3 Å². The number of fused-ring (bicyclic) bond motifs is 5. The summed E-state index contributed by atoms with van der Waals surface area (Å²) >= 11 is 0. The third kappa shape index (κ3) is 1.60. The number of allylic oxidation sites excluding steroid dienone is 2. The van der Waals surface area contributed by atoms with Crippen molar-refractivity contribution in [3.05, 3.63) is 12.2 Å². The summed E-state index contributed by atoms with van der Waals surface area (Å²) in [6, 6.07) is 0. The number of aliphatic hydroxyl groups is 2. The van der Waals surface area contributed by atoms with Crippen LogP contribution in [-0.4, -0.2) is 33.9 Å². The summed E-state index contributed by atoms with van der Waals surface area (Å²) in [4.78, 5) is 12.4. The van der Waals surface area contributed by atoms with Gasteiger partial charge in [0.2, 0.25) is 0 Å². The van der Waals surface area contributed by atoms with Gasteiger partial charge in [-0.05, 0) is 55.9 Å². The van der Waals surface area contributed by atoms with Crippen LogP contribution in [0, 0.1) is 29.1 Å². The number of aliphatic hydroxyl groups excluding tert-OH is 2. The smallest absolute Gasteiger partial charge is 0.159 e. The largest absolute Gasteiger partial charge is 0.392 e. The zero-order valence-electron chi connectivity index (χ0n) is 13.0. The highest BCUT2D eigenvalue weighted by Gasteiger charge is 2.70. The van der Waals surface area contributed by atoms with Crippen LogP contribution >= 0.6 is 0 Å². The molecular weight excluding hydrogens is 283 g/mol. The first-order chi connectivity index (χ1) is 10.4. The van der Waals surface area contributed by atoms with Gasteiger partial charge in [0.15, 0.2) is 5.78 Å². The van der Waals surface area contributed by atoms with E-state index in [1.807, 2.05) is 6.08 Å². The number of hydrogen-bond donors (Lipinski definition) is 2. The van der Waals surface area contributed by atoms with E-state index in [-0.39, 0.29) is 30.0 Å². The van der Waals surface area contributed by atoms with Gasteiger partial charge in [-0.2, -0.15) is 0 Å². The van der Waals surface area contributed by atoms with Gasteiger partial charge in [0.05, 0.1) is 12.2 Å². The van der Waals surface area contributed by atoms with Crippen molar-refractivity contribution in [1.82, 2.24) is 0 Å². The van der Waals surface area contributed by atoms with Crippen LogP contribution in [0.15, 0.2) is 12.2 Å². The van der Waals surface area contributed by atoms with Crippen LogP contribution in [0.3, 0.4) is 0 Å². The Labute approximate surface area is 130 Å². The number of hydrogen-bond acceptors (Lipinski definition) is 3. The first kappa shape index (κ1) is 14.8. The molecule has 4 aliphatic rings. The Balaban J connectivity index is 1.74. The molecule has 2 N–H and O–H groups in total. The van der Waals surface area contributed by atoms with Crippen molar-refractivity contribution in [3.63, 3.8) is 0 Å². The molecule has 122 valence electrons. The summed E-state index contributed by atoms with van der Waals surface area (Å²) in [7, 11) is 0. The molecule has 22 heavy (non-hydrogen) atoms. The van der Waals surface area contributed by atoms with Crippen molar-refractivity contribution < 1.29 is 19.4 Å². The molecule has 3 nitrogen and oxygen atoms in total. The maximum Gasteiger partial charge on any atom is 0.159 e. The van der Waals surface area contributed by atoms with Crippen LogP contribution in [0.4, 0.5) is 4.39 Å². The Hall–Kier alpha value is -0.740. The number of rotatable bonds is 0. The van der Waals surface area contributed by atoms with Crippen LogP contribution in [0.5, 0.6) is 0 Å². The molecule has 0 spiro atoms. The molecule has 8 atom stereocenters. The van der Waals surface area contributed by atoms with Crippen molar-refractivity contribution in [2.24, 2.45) is 29.1 Å².